The van der Waals surface area contributed by atoms with Crippen LogP contribution in [0.1, 0.15) is 25.5 Å². The summed E-state index contributed by atoms with van der Waals surface area (Å²) in [6, 6.07) is 0. The van der Waals surface area contributed by atoms with Crippen molar-refractivity contribution in [2.24, 2.45) is 7.05 Å². The molecule has 1 heterocycles. The summed E-state index contributed by atoms with van der Waals surface area (Å²) in [6.45, 7) is 4.21. The second-order valence-corrected chi connectivity index (χ2v) is 2.39. The van der Waals surface area contributed by atoms with Crippen LogP contribution < -0.4 is 4.74 Å². The molecule has 0 saturated carbocycles. The Morgan fingerprint density at radius 1 is 1.67 bits per heavy atom. The molecule has 9 heavy (non-hydrogen) atoms. The highest BCUT2D eigenvalue weighted by Crippen LogP contribution is 2.05. The van der Waals surface area contributed by atoms with E-state index >= 15 is 0 Å². The van der Waals surface area contributed by atoms with Crippen LogP contribution in [-0.4, -0.2) is 5.16 Å². The van der Waals surface area contributed by atoms with Crippen molar-refractivity contribution in [3.63, 3.8) is 0 Å². The Morgan fingerprint density at radius 3 is 2.56 bits per heavy atom. The van der Waals surface area contributed by atoms with Crippen molar-refractivity contribution in [1.82, 2.24) is 5.16 Å². The molecule has 0 aromatic carbocycles. The van der Waals surface area contributed by atoms with E-state index in [4.69, 9.17) is 4.63 Å². The van der Waals surface area contributed by atoms with Gasteiger partial charge in [0.15, 0.2) is 10.9 Å². The molecule has 0 aliphatic rings. The number of rotatable bonds is 1. The van der Waals surface area contributed by atoms with E-state index in [1.165, 1.54) is 0 Å². The van der Waals surface area contributed by atoms with Crippen LogP contribution in [0.5, 0.6) is 0 Å². The van der Waals surface area contributed by atoms with Crippen LogP contribution in [0.3, 0.4) is 0 Å². The summed E-state index contributed by atoms with van der Waals surface area (Å²) in [6.07, 6.45) is 1.74. The monoisotopic (exact) mass is 127 g/mol. The molecule has 3 heteroatoms. The summed E-state index contributed by atoms with van der Waals surface area (Å²) in [7, 11) is 1.85. The summed E-state index contributed by atoms with van der Waals surface area (Å²) in [4.78, 5) is 0. The lowest BCUT2D eigenvalue weighted by Gasteiger charge is -1.92. The average molecular weight is 127 g/mol. The normalized spacial score (nSPS) is 10.7. The number of aryl methyl sites for hydroxylation is 1. The Labute approximate surface area is 54.2 Å². The molecule has 1 aromatic heterocycles. The molecule has 0 bridgehead atoms. The predicted octanol–water partition coefficient (Wildman–Crippen LogP) is 0.623. The minimum atomic E-state index is 0.487. The van der Waals surface area contributed by atoms with Crippen molar-refractivity contribution in [2.45, 2.75) is 19.8 Å². The van der Waals surface area contributed by atoms with Gasteiger partial charge in [-0.1, -0.05) is 23.2 Å². The third-order valence-corrected chi connectivity index (χ3v) is 1.31. The first-order valence-electron chi connectivity index (χ1n) is 3.03. The van der Waals surface area contributed by atoms with E-state index < -0.39 is 0 Å². The second-order valence-electron chi connectivity index (χ2n) is 2.39. The zero-order chi connectivity index (χ0) is 6.85. The Hall–Kier alpha value is -0.860. The fraction of sp³-hybridized carbons (Fsp3) is 0.667. The topological polar surface area (TPSA) is 29.9 Å². The van der Waals surface area contributed by atoms with E-state index in [1.54, 1.807) is 10.9 Å². The molecule has 0 unspecified atom stereocenters. The predicted molar refractivity (Wildman–Crippen MR) is 31.8 cm³/mol. The standard InChI is InChI=1S/C6H11N2O/c1-5(2)6-4-7-9-8(6)3/h4-5H,1-3H3/q+1. The first kappa shape index (κ1) is 6.26. The lowest BCUT2D eigenvalue weighted by atomic mass is 10.1. The fourth-order valence-electron chi connectivity index (χ4n) is 0.789. The Bertz CT molecular complexity index is 193. The SMILES string of the molecule is CC(C)c1cno[n+]1C. The van der Waals surface area contributed by atoms with Crippen LogP contribution in [0, 0.1) is 0 Å². The lowest BCUT2D eigenvalue weighted by molar-refractivity contribution is -0.859. The van der Waals surface area contributed by atoms with Crippen LogP contribution in [0.4, 0.5) is 0 Å². The molecule has 0 spiro atoms. The van der Waals surface area contributed by atoms with Gasteiger partial charge in [0.05, 0.1) is 0 Å². The third kappa shape index (κ3) is 1.09. The van der Waals surface area contributed by atoms with Gasteiger partial charge >= 0.3 is 0 Å². The van der Waals surface area contributed by atoms with Crippen LogP contribution in [0.25, 0.3) is 0 Å². The van der Waals surface area contributed by atoms with Gasteiger partial charge in [0.25, 0.3) is 0 Å². The van der Waals surface area contributed by atoms with Crippen molar-refractivity contribution >= 4 is 0 Å². The summed E-state index contributed by atoms with van der Waals surface area (Å²) in [5.74, 6) is 0.487. The largest absolute Gasteiger partial charge is 0.234 e. The summed E-state index contributed by atoms with van der Waals surface area (Å²) in [5.41, 5.74) is 1.12. The maximum atomic E-state index is 4.79. The zero-order valence-corrected chi connectivity index (χ0v) is 5.96. The Morgan fingerprint density at radius 2 is 2.33 bits per heavy atom. The minimum Gasteiger partial charge on any atom is -0.0854 e. The highest BCUT2D eigenvalue weighted by Gasteiger charge is 2.12. The highest BCUT2D eigenvalue weighted by molar-refractivity contribution is 4.89. The van der Waals surface area contributed by atoms with Gasteiger partial charge in [-0.25, -0.2) is 0 Å². The number of nitrogens with zero attached hydrogens (tertiary/aromatic N) is 2. The molecule has 0 aliphatic heterocycles. The van der Waals surface area contributed by atoms with Crippen LogP contribution >= 0.6 is 0 Å². The summed E-state index contributed by atoms with van der Waals surface area (Å²) >= 11 is 0. The molecule has 0 aliphatic carbocycles. The molecule has 0 N–H and O–H groups in total. The van der Waals surface area contributed by atoms with Gasteiger partial charge in [0.1, 0.15) is 7.05 Å². The molecule has 0 amide bonds. The van der Waals surface area contributed by atoms with E-state index in [0.717, 1.165) is 5.69 Å². The second kappa shape index (κ2) is 2.17. The lowest BCUT2D eigenvalue weighted by Crippen LogP contribution is -2.30. The molecular formula is C6H11N2O+. The van der Waals surface area contributed by atoms with E-state index in [1.807, 2.05) is 7.05 Å². The maximum Gasteiger partial charge on any atom is 0.234 e. The molecule has 3 nitrogen and oxygen atoms in total. The fourth-order valence-corrected chi connectivity index (χ4v) is 0.789. The van der Waals surface area contributed by atoms with E-state index in [0.29, 0.717) is 5.92 Å². The zero-order valence-electron chi connectivity index (χ0n) is 5.96. The Balaban J connectivity index is 2.94. The van der Waals surface area contributed by atoms with Gasteiger partial charge < -0.3 is 0 Å². The molecule has 0 fully saturated rings. The number of hydrogen-bond donors (Lipinski definition) is 0. The molecule has 0 saturated heterocycles. The average Bonchev–Trinajstić information content (AvgIpc) is 2.13. The molecule has 1 aromatic rings. The molecule has 0 radical (unpaired) electrons. The van der Waals surface area contributed by atoms with Crippen LogP contribution in [0.2, 0.25) is 0 Å². The number of hydrogen-bond acceptors (Lipinski definition) is 2. The van der Waals surface area contributed by atoms with E-state index in [-0.39, 0.29) is 0 Å². The van der Waals surface area contributed by atoms with Crippen molar-refractivity contribution in [1.29, 1.82) is 0 Å². The van der Waals surface area contributed by atoms with Crippen LogP contribution in [0.15, 0.2) is 10.8 Å². The number of aromatic nitrogens is 2. The van der Waals surface area contributed by atoms with E-state index in [9.17, 15) is 0 Å². The summed E-state index contributed by atoms with van der Waals surface area (Å²) < 4.78 is 6.46. The quantitative estimate of drug-likeness (QED) is 0.518. The van der Waals surface area contributed by atoms with Gasteiger partial charge in [0, 0.05) is 5.92 Å². The van der Waals surface area contributed by atoms with E-state index in [2.05, 4.69) is 19.0 Å². The van der Waals surface area contributed by atoms with Crippen LogP contribution in [-0.2, 0) is 7.05 Å². The van der Waals surface area contributed by atoms with Gasteiger partial charge in [-0.05, 0) is 0 Å². The first-order valence-corrected chi connectivity index (χ1v) is 3.03. The Kier molecular flexibility index (Phi) is 1.51. The van der Waals surface area contributed by atoms with Gasteiger partial charge in [-0.15, -0.1) is 0 Å². The van der Waals surface area contributed by atoms with Crippen molar-refractivity contribution < 1.29 is 9.37 Å². The molecule has 0 atom stereocenters. The van der Waals surface area contributed by atoms with Gasteiger partial charge in [0.2, 0.25) is 6.20 Å². The highest BCUT2D eigenvalue weighted by atomic mass is 16.6. The minimum absolute atomic E-state index is 0.487. The maximum absolute atomic E-state index is 4.79. The van der Waals surface area contributed by atoms with Gasteiger partial charge in [-0.3, -0.25) is 0 Å². The van der Waals surface area contributed by atoms with Crippen molar-refractivity contribution in [3.8, 4) is 0 Å². The smallest absolute Gasteiger partial charge is 0.0854 e. The van der Waals surface area contributed by atoms with Crippen molar-refractivity contribution in [3.05, 3.63) is 11.9 Å². The molecule has 50 valence electrons. The van der Waals surface area contributed by atoms with Crippen molar-refractivity contribution in [2.75, 3.05) is 0 Å². The first-order chi connectivity index (χ1) is 4.22. The third-order valence-electron chi connectivity index (χ3n) is 1.31. The summed E-state index contributed by atoms with van der Waals surface area (Å²) in [5, 5.41) is 3.63. The molecular weight excluding hydrogens is 116 g/mol. The molecule has 1 rings (SSSR count). The van der Waals surface area contributed by atoms with Gasteiger partial charge in [-0.2, -0.15) is 0 Å².